The molecule has 27 heavy (non-hydrogen) atoms. The van der Waals surface area contributed by atoms with E-state index < -0.39 is 11.9 Å². The molecule has 145 valence electrons. The van der Waals surface area contributed by atoms with E-state index in [1.165, 1.54) is 0 Å². The number of imidazole rings is 1. The second-order valence-electron chi connectivity index (χ2n) is 6.85. The highest BCUT2D eigenvalue weighted by molar-refractivity contribution is 5.99. The van der Waals surface area contributed by atoms with Crippen molar-refractivity contribution in [1.29, 1.82) is 0 Å². The number of ketones is 1. The summed E-state index contributed by atoms with van der Waals surface area (Å²) in [4.78, 5) is 31.7. The van der Waals surface area contributed by atoms with Gasteiger partial charge in [0, 0.05) is 32.5 Å². The molecule has 0 amide bonds. The number of carbonyl (C=O) groups excluding carboxylic acids is 1. The number of aromatic nitrogens is 2. The number of ether oxygens (including phenoxy) is 1. The topological polar surface area (TPSA) is 92.3 Å². The van der Waals surface area contributed by atoms with Crippen molar-refractivity contribution in [2.24, 2.45) is 11.8 Å². The van der Waals surface area contributed by atoms with Crippen molar-refractivity contribution in [3.05, 3.63) is 60.0 Å². The van der Waals surface area contributed by atoms with Gasteiger partial charge in [-0.1, -0.05) is 44.2 Å². The molecule has 0 aliphatic heterocycles. The van der Waals surface area contributed by atoms with E-state index in [2.05, 4.69) is 9.97 Å². The Morgan fingerprint density at radius 3 is 2.52 bits per heavy atom. The van der Waals surface area contributed by atoms with Gasteiger partial charge in [-0.25, -0.2) is 4.98 Å². The number of aromatic amines is 1. The summed E-state index contributed by atoms with van der Waals surface area (Å²) in [6.45, 7) is 4.44. The molecule has 1 heterocycles. The van der Waals surface area contributed by atoms with Gasteiger partial charge in [-0.3, -0.25) is 9.59 Å². The van der Waals surface area contributed by atoms with Crippen LogP contribution in [-0.4, -0.2) is 40.5 Å². The number of Topliss-reactive ketones (excluding diaryl/α,β-unsaturated/α-hetero) is 1. The molecular weight excluding hydrogens is 344 g/mol. The van der Waals surface area contributed by atoms with E-state index >= 15 is 0 Å². The van der Waals surface area contributed by atoms with Crippen molar-refractivity contribution < 1.29 is 19.4 Å². The third-order valence-corrected chi connectivity index (χ3v) is 5.03. The zero-order valence-electron chi connectivity index (χ0n) is 16.0. The molecule has 2 aromatic rings. The number of methoxy groups -OCH3 is 1. The Morgan fingerprint density at radius 1 is 1.26 bits per heavy atom. The molecule has 0 aliphatic carbocycles. The first kappa shape index (κ1) is 20.8. The van der Waals surface area contributed by atoms with Crippen LogP contribution >= 0.6 is 0 Å². The minimum absolute atomic E-state index is 0.0223. The van der Waals surface area contributed by atoms with Gasteiger partial charge >= 0.3 is 5.97 Å². The second kappa shape index (κ2) is 10.0. The van der Waals surface area contributed by atoms with Gasteiger partial charge in [0.25, 0.3) is 0 Å². The van der Waals surface area contributed by atoms with Crippen LogP contribution < -0.4 is 0 Å². The van der Waals surface area contributed by atoms with Crippen molar-refractivity contribution in [1.82, 2.24) is 9.97 Å². The zero-order chi connectivity index (χ0) is 19.8. The normalized spacial score (nSPS) is 14.7. The van der Waals surface area contributed by atoms with Gasteiger partial charge in [0.2, 0.25) is 5.78 Å². The summed E-state index contributed by atoms with van der Waals surface area (Å²) in [6, 6.07) is 9.44. The zero-order valence-corrected chi connectivity index (χ0v) is 16.0. The van der Waals surface area contributed by atoms with Crippen molar-refractivity contribution >= 4 is 11.8 Å². The fourth-order valence-corrected chi connectivity index (χ4v) is 3.52. The molecule has 0 saturated carbocycles. The van der Waals surface area contributed by atoms with Gasteiger partial charge < -0.3 is 14.8 Å². The molecule has 1 radical (unpaired) electrons. The number of hydrogen-bond acceptors (Lipinski definition) is 4. The monoisotopic (exact) mass is 371 g/mol. The largest absolute Gasteiger partial charge is 0.481 e. The number of carboxylic acids is 1. The van der Waals surface area contributed by atoms with Gasteiger partial charge in [0.15, 0.2) is 5.82 Å². The van der Waals surface area contributed by atoms with E-state index in [-0.39, 0.29) is 29.9 Å². The first-order chi connectivity index (χ1) is 13.0. The Kier molecular flexibility index (Phi) is 7.73. The molecule has 0 fully saturated rings. The van der Waals surface area contributed by atoms with Gasteiger partial charge in [-0.2, -0.15) is 0 Å². The van der Waals surface area contributed by atoms with E-state index in [4.69, 9.17) is 4.74 Å². The van der Waals surface area contributed by atoms with Crippen LogP contribution in [0, 0.1) is 17.8 Å². The Morgan fingerprint density at radius 2 is 1.96 bits per heavy atom. The SMILES string of the molecule is COCCC(C)C(CC(=O)O)[C](C)C(C(=O)c1ncc[nH]1)c1ccccc1. The molecule has 1 aromatic carbocycles. The van der Waals surface area contributed by atoms with Crippen LogP contribution in [0.5, 0.6) is 0 Å². The number of carboxylic acid groups (broad SMARTS) is 1. The molecule has 0 saturated heterocycles. The summed E-state index contributed by atoms with van der Waals surface area (Å²) >= 11 is 0. The van der Waals surface area contributed by atoms with E-state index in [0.29, 0.717) is 6.61 Å². The molecule has 2 N–H and O–H groups in total. The maximum absolute atomic E-state index is 13.2. The van der Waals surface area contributed by atoms with Gasteiger partial charge in [0.1, 0.15) is 0 Å². The van der Waals surface area contributed by atoms with E-state index in [1.807, 2.05) is 44.2 Å². The summed E-state index contributed by atoms with van der Waals surface area (Å²) in [5.41, 5.74) is 0.839. The third kappa shape index (κ3) is 5.50. The Labute approximate surface area is 160 Å². The highest BCUT2D eigenvalue weighted by Gasteiger charge is 2.37. The summed E-state index contributed by atoms with van der Waals surface area (Å²) in [6.07, 6.45) is 3.86. The van der Waals surface area contributed by atoms with E-state index in [1.54, 1.807) is 19.5 Å². The summed E-state index contributed by atoms with van der Waals surface area (Å²) < 4.78 is 5.16. The molecular formula is C21H27N2O4. The quantitative estimate of drug-likeness (QED) is 0.587. The van der Waals surface area contributed by atoms with Crippen LogP contribution in [0.4, 0.5) is 0 Å². The number of carbonyl (C=O) groups is 2. The lowest BCUT2D eigenvalue weighted by Crippen LogP contribution is -2.30. The van der Waals surface area contributed by atoms with Crippen molar-refractivity contribution in [3.8, 4) is 0 Å². The number of benzene rings is 1. The standard InChI is InChI=1S/C21H27N2O4/c1-14(9-12-27-3)17(13-18(24)25)15(2)19(16-7-5-4-6-8-16)20(26)21-22-10-11-23-21/h4-8,10-11,14,17,19H,9,12-13H2,1-3H3,(H,22,23)(H,24,25). The maximum Gasteiger partial charge on any atom is 0.303 e. The molecule has 6 heteroatoms. The van der Waals surface area contributed by atoms with Crippen LogP contribution in [0.2, 0.25) is 0 Å². The van der Waals surface area contributed by atoms with Gasteiger partial charge in [-0.15, -0.1) is 0 Å². The minimum atomic E-state index is -0.874. The minimum Gasteiger partial charge on any atom is -0.481 e. The second-order valence-corrected chi connectivity index (χ2v) is 6.85. The maximum atomic E-state index is 13.2. The Balaban J connectivity index is 2.38. The lowest BCUT2D eigenvalue weighted by molar-refractivity contribution is -0.138. The highest BCUT2D eigenvalue weighted by atomic mass is 16.5. The lowest BCUT2D eigenvalue weighted by Gasteiger charge is -2.33. The van der Waals surface area contributed by atoms with Crippen molar-refractivity contribution in [2.45, 2.75) is 32.6 Å². The number of rotatable bonds is 11. The first-order valence-corrected chi connectivity index (χ1v) is 9.08. The van der Waals surface area contributed by atoms with E-state index in [0.717, 1.165) is 17.9 Å². The number of nitrogens with zero attached hydrogens (tertiary/aromatic N) is 1. The predicted molar refractivity (Wildman–Crippen MR) is 102 cm³/mol. The number of H-pyrrole nitrogens is 1. The Bertz CT molecular complexity index is 715. The smallest absolute Gasteiger partial charge is 0.303 e. The van der Waals surface area contributed by atoms with Gasteiger partial charge in [0.05, 0.1) is 5.92 Å². The molecule has 3 unspecified atom stereocenters. The van der Waals surface area contributed by atoms with Crippen molar-refractivity contribution in [2.75, 3.05) is 13.7 Å². The van der Waals surface area contributed by atoms with Crippen LogP contribution in [0.15, 0.2) is 42.7 Å². The number of nitrogens with one attached hydrogen (secondary N) is 1. The van der Waals surface area contributed by atoms with E-state index in [9.17, 15) is 14.7 Å². The molecule has 0 aliphatic rings. The van der Waals surface area contributed by atoms with Crippen molar-refractivity contribution in [3.63, 3.8) is 0 Å². The highest BCUT2D eigenvalue weighted by Crippen LogP contribution is 2.40. The van der Waals surface area contributed by atoms with Crippen LogP contribution in [0.25, 0.3) is 0 Å². The first-order valence-electron chi connectivity index (χ1n) is 9.08. The van der Waals surface area contributed by atoms with Crippen LogP contribution in [0.1, 0.15) is 48.8 Å². The summed E-state index contributed by atoms with van der Waals surface area (Å²) in [5.74, 6) is -0.639. The summed E-state index contributed by atoms with van der Waals surface area (Å²) in [5, 5.41) is 9.43. The predicted octanol–water partition coefficient (Wildman–Crippen LogP) is 3.73. The molecule has 1 aromatic heterocycles. The number of hydrogen-bond donors (Lipinski definition) is 2. The average Bonchev–Trinajstić information content (AvgIpc) is 3.19. The Hall–Kier alpha value is -2.47. The van der Waals surface area contributed by atoms with Crippen LogP contribution in [-0.2, 0) is 9.53 Å². The fraction of sp³-hybridized carbons (Fsp3) is 0.429. The average molecular weight is 371 g/mol. The molecule has 3 atom stereocenters. The third-order valence-electron chi connectivity index (χ3n) is 5.03. The van der Waals surface area contributed by atoms with Crippen LogP contribution in [0.3, 0.4) is 0 Å². The molecule has 2 rings (SSSR count). The molecule has 0 spiro atoms. The molecule has 6 nitrogen and oxygen atoms in total. The molecule has 0 bridgehead atoms. The fourth-order valence-electron chi connectivity index (χ4n) is 3.52. The summed E-state index contributed by atoms with van der Waals surface area (Å²) in [7, 11) is 1.63. The lowest BCUT2D eigenvalue weighted by atomic mass is 9.70. The number of aliphatic carboxylic acids is 1. The van der Waals surface area contributed by atoms with Gasteiger partial charge in [-0.05, 0) is 29.7 Å².